The molecule has 0 radical (unpaired) electrons. The van der Waals surface area contributed by atoms with Gasteiger partial charge in [0.1, 0.15) is 9.94 Å². The lowest BCUT2D eigenvalue weighted by molar-refractivity contribution is 0.0636. The molecule has 0 aliphatic heterocycles. The molecule has 0 aliphatic carbocycles. The van der Waals surface area contributed by atoms with Gasteiger partial charge in [-0.05, 0) is 67.0 Å². The number of carbonyl (C=O) groups excluding carboxylic acids is 1. The molecule has 1 amide bonds. The van der Waals surface area contributed by atoms with Crippen molar-refractivity contribution < 1.29 is 9.53 Å². The second kappa shape index (κ2) is 7.55. The summed E-state index contributed by atoms with van der Waals surface area (Å²) in [5.41, 5.74) is 1.13. The maximum absolute atomic E-state index is 11.7. The number of halogens is 2. The van der Waals surface area contributed by atoms with Crippen LogP contribution in [0.4, 0.5) is 16.2 Å². The Hall–Kier alpha value is -1.24. The van der Waals surface area contributed by atoms with E-state index in [0.717, 1.165) is 19.4 Å². The molecule has 1 heterocycles. The molecule has 124 valence electrons. The SMILES string of the molecule is CC(C)(C)OC(=O)Nc1ccc(NCc2cc(Br)c(Cl)s2)cc1. The molecular formula is C16H18BrClN2O2S. The fourth-order valence-electron chi connectivity index (χ4n) is 1.76. The first-order valence-corrected chi connectivity index (χ1v) is 8.99. The first-order chi connectivity index (χ1) is 10.7. The zero-order valence-corrected chi connectivity index (χ0v) is 16.2. The van der Waals surface area contributed by atoms with E-state index in [4.69, 9.17) is 16.3 Å². The Kier molecular flexibility index (Phi) is 5.95. The molecule has 1 aromatic carbocycles. The van der Waals surface area contributed by atoms with Gasteiger partial charge in [0, 0.05) is 27.3 Å². The Bertz CT molecular complexity index is 661. The number of anilines is 2. The van der Waals surface area contributed by atoms with E-state index in [1.165, 1.54) is 11.3 Å². The summed E-state index contributed by atoms with van der Waals surface area (Å²) in [4.78, 5) is 12.8. The van der Waals surface area contributed by atoms with Crippen molar-refractivity contribution in [1.82, 2.24) is 0 Å². The molecule has 0 atom stereocenters. The summed E-state index contributed by atoms with van der Waals surface area (Å²) in [5, 5.41) is 6.01. The summed E-state index contributed by atoms with van der Waals surface area (Å²) in [6.07, 6.45) is -0.462. The third-order valence-corrected chi connectivity index (χ3v) is 5.17. The van der Waals surface area contributed by atoms with Gasteiger partial charge in [-0.2, -0.15) is 0 Å². The molecule has 0 aliphatic rings. The van der Waals surface area contributed by atoms with Crippen molar-refractivity contribution in [3.8, 4) is 0 Å². The number of rotatable bonds is 4. The summed E-state index contributed by atoms with van der Waals surface area (Å²) < 4.78 is 6.87. The Morgan fingerprint density at radius 1 is 1.26 bits per heavy atom. The Balaban J connectivity index is 1.88. The number of hydrogen-bond acceptors (Lipinski definition) is 4. The number of thiophene rings is 1. The van der Waals surface area contributed by atoms with E-state index in [1.807, 2.05) is 51.1 Å². The van der Waals surface area contributed by atoms with Gasteiger partial charge in [0.05, 0.1) is 0 Å². The molecule has 0 spiro atoms. The number of amides is 1. The molecule has 1 aromatic heterocycles. The van der Waals surface area contributed by atoms with E-state index in [9.17, 15) is 4.79 Å². The molecule has 4 nitrogen and oxygen atoms in total. The van der Waals surface area contributed by atoms with Crippen molar-refractivity contribution in [3.63, 3.8) is 0 Å². The molecule has 2 aromatic rings. The van der Waals surface area contributed by atoms with Crippen LogP contribution in [-0.4, -0.2) is 11.7 Å². The number of nitrogens with one attached hydrogen (secondary N) is 2. The summed E-state index contributed by atoms with van der Waals surface area (Å²) in [6.45, 7) is 6.17. The van der Waals surface area contributed by atoms with Gasteiger partial charge in [-0.1, -0.05) is 11.6 Å². The van der Waals surface area contributed by atoms with Gasteiger partial charge in [0.2, 0.25) is 0 Å². The van der Waals surface area contributed by atoms with E-state index in [2.05, 4.69) is 26.6 Å². The highest BCUT2D eigenvalue weighted by atomic mass is 79.9. The number of ether oxygens (including phenoxy) is 1. The third kappa shape index (κ3) is 6.05. The highest BCUT2D eigenvalue weighted by Gasteiger charge is 2.16. The van der Waals surface area contributed by atoms with Crippen LogP contribution in [0.1, 0.15) is 25.6 Å². The molecule has 7 heteroatoms. The standard InChI is InChI=1S/C16H18BrClN2O2S/c1-16(2,3)22-15(21)20-11-6-4-10(5-7-11)19-9-12-8-13(17)14(18)23-12/h4-8,19H,9H2,1-3H3,(H,20,21). The van der Waals surface area contributed by atoms with Crippen LogP contribution in [0.2, 0.25) is 4.34 Å². The summed E-state index contributed by atoms with van der Waals surface area (Å²) in [5.74, 6) is 0. The van der Waals surface area contributed by atoms with Crippen LogP contribution in [0, 0.1) is 0 Å². The molecule has 0 bridgehead atoms. The topological polar surface area (TPSA) is 50.4 Å². The van der Waals surface area contributed by atoms with Crippen molar-refractivity contribution in [2.75, 3.05) is 10.6 Å². The lowest BCUT2D eigenvalue weighted by Gasteiger charge is -2.19. The molecule has 2 N–H and O–H groups in total. The smallest absolute Gasteiger partial charge is 0.412 e. The normalized spacial score (nSPS) is 11.2. The lowest BCUT2D eigenvalue weighted by atomic mass is 10.2. The van der Waals surface area contributed by atoms with E-state index in [0.29, 0.717) is 12.2 Å². The zero-order chi connectivity index (χ0) is 17.0. The first-order valence-electron chi connectivity index (χ1n) is 7.00. The fourth-order valence-corrected chi connectivity index (χ4v) is 3.49. The predicted octanol–water partition coefficient (Wildman–Crippen LogP) is 6.12. The molecular weight excluding hydrogens is 400 g/mol. The van der Waals surface area contributed by atoms with Gasteiger partial charge in [0.15, 0.2) is 0 Å². The Morgan fingerprint density at radius 3 is 2.39 bits per heavy atom. The van der Waals surface area contributed by atoms with Crippen molar-refractivity contribution >= 4 is 56.3 Å². The van der Waals surface area contributed by atoms with Crippen molar-refractivity contribution in [1.29, 1.82) is 0 Å². The molecule has 0 saturated heterocycles. The Labute approximate surface area is 153 Å². The summed E-state index contributed by atoms with van der Waals surface area (Å²) in [7, 11) is 0. The highest BCUT2D eigenvalue weighted by Crippen LogP contribution is 2.32. The summed E-state index contributed by atoms with van der Waals surface area (Å²) in [6, 6.07) is 9.44. The quantitative estimate of drug-likeness (QED) is 0.629. The number of hydrogen-bond donors (Lipinski definition) is 2. The van der Waals surface area contributed by atoms with E-state index >= 15 is 0 Å². The van der Waals surface area contributed by atoms with Crippen molar-refractivity contribution in [2.24, 2.45) is 0 Å². The van der Waals surface area contributed by atoms with Crippen LogP contribution in [0.5, 0.6) is 0 Å². The van der Waals surface area contributed by atoms with Crippen LogP contribution in [0.3, 0.4) is 0 Å². The van der Waals surface area contributed by atoms with Crippen molar-refractivity contribution in [3.05, 3.63) is 44.0 Å². The van der Waals surface area contributed by atoms with Crippen LogP contribution >= 0.6 is 38.9 Å². The Morgan fingerprint density at radius 2 is 1.87 bits per heavy atom. The van der Waals surface area contributed by atoms with Crippen LogP contribution < -0.4 is 10.6 Å². The summed E-state index contributed by atoms with van der Waals surface area (Å²) >= 11 is 10.9. The average molecular weight is 418 g/mol. The molecule has 0 fully saturated rings. The second-order valence-corrected chi connectivity index (χ2v) is 8.49. The maximum Gasteiger partial charge on any atom is 0.412 e. The minimum absolute atomic E-state index is 0.462. The largest absolute Gasteiger partial charge is 0.444 e. The van der Waals surface area contributed by atoms with Gasteiger partial charge in [-0.25, -0.2) is 4.79 Å². The molecule has 23 heavy (non-hydrogen) atoms. The van der Waals surface area contributed by atoms with Gasteiger partial charge < -0.3 is 10.1 Å². The maximum atomic E-state index is 11.7. The zero-order valence-electron chi connectivity index (χ0n) is 13.1. The van der Waals surface area contributed by atoms with Crippen LogP contribution in [0.15, 0.2) is 34.8 Å². The van der Waals surface area contributed by atoms with Gasteiger partial charge in [0.25, 0.3) is 0 Å². The number of carbonyl (C=O) groups is 1. The highest BCUT2D eigenvalue weighted by molar-refractivity contribution is 9.10. The van der Waals surface area contributed by atoms with Gasteiger partial charge >= 0.3 is 6.09 Å². The van der Waals surface area contributed by atoms with E-state index in [-0.39, 0.29) is 0 Å². The fraction of sp³-hybridized carbons (Fsp3) is 0.312. The number of benzene rings is 1. The minimum atomic E-state index is -0.512. The average Bonchev–Trinajstić information content (AvgIpc) is 2.75. The minimum Gasteiger partial charge on any atom is -0.444 e. The molecule has 0 unspecified atom stereocenters. The monoisotopic (exact) mass is 416 g/mol. The van der Waals surface area contributed by atoms with Gasteiger partial charge in [-0.15, -0.1) is 11.3 Å². The van der Waals surface area contributed by atoms with Crippen LogP contribution in [0.25, 0.3) is 0 Å². The predicted molar refractivity (Wildman–Crippen MR) is 101 cm³/mol. The van der Waals surface area contributed by atoms with E-state index < -0.39 is 11.7 Å². The second-order valence-electron chi connectivity index (χ2n) is 5.89. The van der Waals surface area contributed by atoms with Gasteiger partial charge in [-0.3, -0.25) is 5.32 Å². The van der Waals surface area contributed by atoms with Crippen molar-refractivity contribution in [2.45, 2.75) is 32.9 Å². The van der Waals surface area contributed by atoms with Crippen LogP contribution in [-0.2, 0) is 11.3 Å². The third-order valence-electron chi connectivity index (χ3n) is 2.69. The lowest BCUT2D eigenvalue weighted by Crippen LogP contribution is -2.27. The molecule has 0 saturated carbocycles. The molecule has 2 rings (SSSR count). The first kappa shape index (κ1) is 18.1. The van der Waals surface area contributed by atoms with E-state index in [1.54, 1.807) is 0 Å².